The summed E-state index contributed by atoms with van der Waals surface area (Å²) >= 11 is 1.47. The number of aromatic nitrogens is 1. The molecule has 0 aromatic carbocycles. The summed E-state index contributed by atoms with van der Waals surface area (Å²) < 4.78 is 5.26. The maximum absolute atomic E-state index is 12.4. The number of carbonyl (C=O) groups excluding carboxylic acids is 1. The van der Waals surface area contributed by atoms with E-state index in [4.69, 9.17) is 9.84 Å². The standard InChI is InChI=1S/C12H16N2O4S/c1-7-11(13-8(2)19-7)12(17)14-3-4-18-6-9(14)5-10(15)16/h9H,3-6H2,1-2H3,(H,15,16)/t9-/m1/s1. The van der Waals surface area contributed by atoms with Crippen LogP contribution < -0.4 is 0 Å². The number of amides is 1. The van der Waals surface area contributed by atoms with Crippen LogP contribution in [0.3, 0.4) is 0 Å². The van der Waals surface area contributed by atoms with E-state index in [2.05, 4.69) is 4.98 Å². The van der Waals surface area contributed by atoms with Crippen LogP contribution in [0.15, 0.2) is 0 Å². The predicted octanol–water partition coefficient (Wildman–Crippen LogP) is 1.08. The summed E-state index contributed by atoms with van der Waals surface area (Å²) in [5.41, 5.74) is 0.430. The second-order valence-corrected chi connectivity index (χ2v) is 5.87. The Bertz CT molecular complexity index is 500. The average Bonchev–Trinajstić information content (AvgIpc) is 2.67. The summed E-state index contributed by atoms with van der Waals surface area (Å²) in [6.45, 7) is 4.81. The fraction of sp³-hybridized carbons (Fsp3) is 0.583. The molecule has 104 valence electrons. The molecule has 0 radical (unpaired) electrons. The molecular weight excluding hydrogens is 268 g/mol. The first-order valence-electron chi connectivity index (χ1n) is 6.03. The fourth-order valence-electron chi connectivity index (χ4n) is 2.16. The summed E-state index contributed by atoms with van der Waals surface area (Å²) in [6, 6.07) is -0.417. The van der Waals surface area contributed by atoms with Gasteiger partial charge < -0.3 is 14.7 Å². The molecule has 1 amide bonds. The molecule has 0 aliphatic carbocycles. The maximum atomic E-state index is 12.4. The van der Waals surface area contributed by atoms with Crippen molar-refractivity contribution in [2.24, 2.45) is 0 Å². The Hall–Kier alpha value is -1.47. The lowest BCUT2D eigenvalue weighted by Crippen LogP contribution is -2.49. The molecule has 0 bridgehead atoms. The third-order valence-corrected chi connectivity index (χ3v) is 3.89. The number of carboxylic acids is 1. The van der Waals surface area contributed by atoms with Crippen molar-refractivity contribution >= 4 is 23.2 Å². The summed E-state index contributed by atoms with van der Waals surface area (Å²) in [5.74, 6) is -1.13. The Morgan fingerprint density at radius 2 is 2.26 bits per heavy atom. The van der Waals surface area contributed by atoms with E-state index >= 15 is 0 Å². The third kappa shape index (κ3) is 3.10. The van der Waals surface area contributed by atoms with Gasteiger partial charge in [0.05, 0.1) is 30.7 Å². The van der Waals surface area contributed by atoms with Crippen LogP contribution in [0.1, 0.15) is 26.8 Å². The second kappa shape index (κ2) is 5.66. The maximum Gasteiger partial charge on any atom is 0.305 e. The molecule has 1 N–H and O–H groups in total. The molecule has 2 heterocycles. The Kier molecular flexibility index (Phi) is 4.16. The van der Waals surface area contributed by atoms with Crippen molar-refractivity contribution < 1.29 is 19.4 Å². The highest BCUT2D eigenvalue weighted by Gasteiger charge is 2.31. The fourth-order valence-corrected chi connectivity index (χ4v) is 2.97. The number of morpholine rings is 1. The van der Waals surface area contributed by atoms with Gasteiger partial charge in [-0.15, -0.1) is 11.3 Å². The van der Waals surface area contributed by atoms with Crippen molar-refractivity contribution in [3.05, 3.63) is 15.6 Å². The van der Waals surface area contributed by atoms with E-state index in [1.807, 2.05) is 13.8 Å². The Balaban J connectivity index is 2.19. The molecule has 1 saturated heterocycles. The van der Waals surface area contributed by atoms with E-state index < -0.39 is 12.0 Å². The largest absolute Gasteiger partial charge is 0.481 e. The van der Waals surface area contributed by atoms with E-state index in [1.54, 1.807) is 4.90 Å². The summed E-state index contributed by atoms with van der Waals surface area (Å²) in [6.07, 6.45) is -0.103. The number of aliphatic carboxylic acids is 1. The zero-order chi connectivity index (χ0) is 14.0. The third-order valence-electron chi connectivity index (χ3n) is 3.00. The lowest BCUT2D eigenvalue weighted by Gasteiger charge is -2.34. The minimum absolute atomic E-state index is 0.103. The van der Waals surface area contributed by atoms with Gasteiger partial charge in [-0.25, -0.2) is 4.98 Å². The average molecular weight is 284 g/mol. The van der Waals surface area contributed by atoms with Gasteiger partial charge in [-0.2, -0.15) is 0 Å². The van der Waals surface area contributed by atoms with Crippen LogP contribution in [0.5, 0.6) is 0 Å². The number of hydrogen-bond donors (Lipinski definition) is 1. The SMILES string of the molecule is Cc1nc(C(=O)N2CCOC[C@H]2CC(=O)O)c(C)s1. The van der Waals surface area contributed by atoms with Gasteiger partial charge >= 0.3 is 5.97 Å². The smallest absolute Gasteiger partial charge is 0.305 e. The van der Waals surface area contributed by atoms with Crippen LogP contribution in [0, 0.1) is 13.8 Å². The molecule has 19 heavy (non-hydrogen) atoms. The summed E-state index contributed by atoms with van der Waals surface area (Å²) in [5, 5.41) is 9.72. The van der Waals surface area contributed by atoms with Gasteiger partial charge in [0.2, 0.25) is 0 Å². The quantitative estimate of drug-likeness (QED) is 0.898. The van der Waals surface area contributed by atoms with Crippen molar-refractivity contribution in [3.63, 3.8) is 0 Å². The van der Waals surface area contributed by atoms with Crippen molar-refractivity contribution in [2.45, 2.75) is 26.3 Å². The molecule has 7 heteroatoms. The predicted molar refractivity (Wildman–Crippen MR) is 69.5 cm³/mol. The number of aryl methyl sites for hydroxylation is 2. The monoisotopic (exact) mass is 284 g/mol. The van der Waals surface area contributed by atoms with Gasteiger partial charge in [-0.3, -0.25) is 9.59 Å². The van der Waals surface area contributed by atoms with E-state index in [9.17, 15) is 9.59 Å². The number of ether oxygens (including phenoxy) is 1. The highest BCUT2D eigenvalue weighted by atomic mass is 32.1. The van der Waals surface area contributed by atoms with Gasteiger partial charge in [0.15, 0.2) is 0 Å². The molecule has 1 aromatic rings. The summed E-state index contributed by atoms with van der Waals surface area (Å²) in [4.78, 5) is 30.0. The second-order valence-electron chi connectivity index (χ2n) is 4.46. The van der Waals surface area contributed by atoms with Crippen LogP contribution in [-0.4, -0.2) is 52.7 Å². The molecular formula is C12H16N2O4S. The number of rotatable bonds is 3. The number of thiazole rings is 1. The van der Waals surface area contributed by atoms with Gasteiger partial charge in [0.25, 0.3) is 5.91 Å². The highest BCUT2D eigenvalue weighted by molar-refractivity contribution is 7.11. The van der Waals surface area contributed by atoms with E-state index in [0.29, 0.717) is 18.8 Å². The van der Waals surface area contributed by atoms with Gasteiger partial charge in [-0.05, 0) is 13.8 Å². The molecule has 1 atom stereocenters. The molecule has 0 unspecified atom stereocenters. The van der Waals surface area contributed by atoms with Crippen molar-refractivity contribution in [2.75, 3.05) is 19.8 Å². The molecule has 0 spiro atoms. The van der Waals surface area contributed by atoms with E-state index in [0.717, 1.165) is 9.88 Å². The Labute approximate surface area is 115 Å². The molecule has 1 aromatic heterocycles. The molecule has 0 saturated carbocycles. The Morgan fingerprint density at radius 3 is 2.84 bits per heavy atom. The Morgan fingerprint density at radius 1 is 1.53 bits per heavy atom. The zero-order valence-electron chi connectivity index (χ0n) is 10.9. The topological polar surface area (TPSA) is 79.7 Å². The molecule has 6 nitrogen and oxygen atoms in total. The first-order valence-corrected chi connectivity index (χ1v) is 6.85. The van der Waals surface area contributed by atoms with Crippen molar-refractivity contribution in [1.29, 1.82) is 0 Å². The van der Waals surface area contributed by atoms with Gasteiger partial charge in [-0.1, -0.05) is 0 Å². The van der Waals surface area contributed by atoms with E-state index in [1.165, 1.54) is 11.3 Å². The lowest BCUT2D eigenvalue weighted by atomic mass is 10.1. The summed E-state index contributed by atoms with van der Waals surface area (Å²) in [7, 11) is 0. The number of nitrogens with zero attached hydrogens (tertiary/aromatic N) is 2. The minimum Gasteiger partial charge on any atom is -0.481 e. The van der Waals surface area contributed by atoms with Crippen molar-refractivity contribution in [1.82, 2.24) is 9.88 Å². The minimum atomic E-state index is -0.931. The zero-order valence-corrected chi connectivity index (χ0v) is 11.7. The first-order chi connectivity index (χ1) is 8.99. The molecule has 1 aliphatic rings. The molecule has 1 fully saturated rings. The van der Waals surface area contributed by atoms with Crippen LogP contribution in [0.2, 0.25) is 0 Å². The molecule has 2 rings (SSSR count). The number of carboxylic acid groups (broad SMARTS) is 1. The number of carbonyl (C=O) groups is 2. The van der Waals surface area contributed by atoms with Crippen LogP contribution in [0.4, 0.5) is 0 Å². The van der Waals surface area contributed by atoms with Crippen LogP contribution in [0.25, 0.3) is 0 Å². The van der Waals surface area contributed by atoms with Crippen LogP contribution >= 0.6 is 11.3 Å². The van der Waals surface area contributed by atoms with Crippen LogP contribution in [-0.2, 0) is 9.53 Å². The van der Waals surface area contributed by atoms with E-state index in [-0.39, 0.29) is 18.9 Å². The highest BCUT2D eigenvalue weighted by Crippen LogP contribution is 2.21. The van der Waals surface area contributed by atoms with Gasteiger partial charge in [0, 0.05) is 11.4 Å². The first kappa shape index (κ1) is 14.0. The normalized spacial score (nSPS) is 19.5. The molecule has 1 aliphatic heterocycles. The van der Waals surface area contributed by atoms with Crippen molar-refractivity contribution in [3.8, 4) is 0 Å². The lowest BCUT2D eigenvalue weighted by molar-refractivity contribution is -0.139. The van der Waals surface area contributed by atoms with Gasteiger partial charge in [0.1, 0.15) is 5.69 Å². The number of hydrogen-bond acceptors (Lipinski definition) is 5.